The van der Waals surface area contributed by atoms with Gasteiger partial charge in [-0.2, -0.15) is 13.2 Å². The van der Waals surface area contributed by atoms with Crippen LogP contribution in [0.3, 0.4) is 0 Å². The maximum absolute atomic E-state index is 13.2. The summed E-state index contributed by atoms with van der Waals surface area (Å²) in [5.74, 6) is -0.957. The molecule has 0 atom stereocenters. The number of furan rings is 1. The van der Waals surface area contributed by atoms with Crippen molar-refractivity contribution in [1.29, 1.82) is 0 Å². The fourth-order valence-electron chi connectivity index (χ4n) is 2.87. The molecule has 2 aromatic heterocycles. The minimum atomic E-state index is -4.62. The second-order valence-electron chi connectivity index (χ2n) is 5.48. The second-order valence-corrected chi connectivity index (χ2v) is 5.92. The number of rotatable bonds is 1. The molecule has 120 valence electrons. The van der Waals surface area contributed by atoms with Crippen molar-refractivity contribution >= 4 is 39.5 Å². The lowest BCUT2D eigenvalue weighted by atomic mass is 10.2. The van der Waals surface area contributed by atoms with Crippen LogP contribution in [0.15, 0.2) is 22.6 Å². The topological polar surface area (TPSA) is 42.2 Å². The van der Waals surface area contributed by atoms with Gasteiger partial charge in [0.2, 0.25) is 5.82 Å². The van der Waals surface area contributed by atoms with Gasteiger partial charge in [0.15, 0.2) is 11.4 Å². The first-order valence-electron chi connectivity index (χ1n) is 7.15. The minimum absolute atomic E-state index is 0.145. The Balaban J connectivity index is 2.07. The molecule has 0 amide bonds. The molecule has 4 nitrogen and oxygen atoms in total. The minimum Gasteiger partial charge on any atom is -0.450 e. The molecule has 23 heavy (non-hydrogen) atoms. The Bertz CT molecular complexity index is 900. The van der Waals surface area contributed by atoms with E-state index in [0.717, 1.165) is 12.8 Å². The van der Waals surface area contributed by atoms with Crippen LogP contribution in [0.5, 0.6) is 0 Å². The predicted molar refractivity (Wildman–Crippen MR) is 80.8 cm³/mol. The van der Waals surface area contributed by atoms with Gasteiger partial charge in [0.05, 0.1) is 0 Å². The van der Waals surface area contributed by atoms with Crippen molar-refractivity contribution in [3.05, 3.63) is 29.0 Å². The summed E-state index contributed by atoms with van der Waals surface area (Å²) in [4.78, 5) is 9.24. The Morgan fingerprint density at radius 1 is 1.13 bits per heavy atom. The Labute approximate surface area is 133 Å². The number of nitrogens with zero attached hydrogens (tertiary/aromatic N) is 3. The summed E-state index contributed by atoms with van der Waals surface area (Å²) in [6.45, 7) is 1.31. The number of fused-ring (bicyclic) bond motifs is 3. The zero-order valence-corrected chi connectivity index (χ0v) is 12.6. The predicted octanol–water partition coefficient (Wildman–Crippen LogP) is 4.65. The quantitative estimate of drug-likeness (QED) is 0.646. The van der Waals surface area contributed by atoms with Crippen LogP contribution in [-0.4, -0.2) is 23.1 Å². The maximum Gasteiger partial charge on any atom is 0.451 e. The molecule has 0 unspecified atom stereocenters. The van der Waals surface area contributed by atoms with E-state index in [1.165, 1.54) is 0 Å². The van der Waals surface area contributed by atoms with Crippen LogP contribution in [0, 0.1) is 0 Å². The van der Waals surface area contributed by atoms with Crippen LogP contribution in [0.1, 0.15) is 18.7 Å². The molecule has 0 bridgehead atoms. The van der Waals surface area contributed by atoms with Crippen LogP contribution in [-0.2, 0) is 6.18 Å². The number of benzene rings is 1. The van der Waals surface area contributed by atoms with Crippen molar-refractivity contribution < 1.29 is 17.6 Å². The highest BCUT2D eigenvalue weighted by Crippen LogP contribution is 2.38. The molecule has 1 aliphatic rings. The van der Waals surface area contributed by atoms with Gasteiger partial charge in [-0.3, -0.25) is 0 Å². The zero-order valence-electron chi connectivity index (χ0n) is 11.8. The molecule has 4 rings (SSSR count). The fraction of sp³-hybridized carbons (Fsp3) is 0.333. The first-order valence-corrected chi connectivity index (χ1v) is 7.53. The van der Waals surface area contributed by atoms with Gasteiger partial charge in [-0.05, 0) is 31.0 Å². The van der Waals surface area contributed by atoms with Gasteiger partial charge in [-0.25, -0.2) is 9.97 Å². The molecule has 1 fully saturated rings. The number of aromatic nitrogens is 2. The summed E-state index contributed by atoms with van der Waals surface area (Å²) < 4.78 is 45.2. The second kappa shape index (κ2) is 4.99. The van der Waals surface area contributed by atoms with E-state index in [2.05, 4.69) is 9.97 Å². The van der Waals surface area contributed by atoms with E-state index in [9.17, 15) is 13.2 Å². The number of anilines is 1. The standard InChI is InChI=1S/C15H11ClF3N3O/c16-8-3-4-10-9(7-8)11-12(23-10)13(22-5-1-2-6-22)21-14(20-11)15(17,18)19/h3-4,7H,1-2,5-6H2. The zero-order chi connectivity index (χ0) is 16.2. The molecule has 0 spiro atoms. The molecule has 0 radical (unpaired) electrons. The first-order chi connectivity index (χ1) is 10.9. The van der Waals surface area contributed by atoms with E-state index in [4.69, 9.17) is 16.0 Å². The van der Waals surface area contributed by atoms with E-state index in [0.29, 0.717) is 29.1 Å². The lowest BCUT2D eigenvalue weighted by Crippen LogP contribution is -2.22. The van der Waals surface area contributed by atoms with Crippen LogP contribution in [0.2, 0.25) is 5.02 Å². The Kier molecular flexibility index (Phi) is 3.16. The Hall–Kier alpha value is -2.02. The molecule has 0 saturated carbocycles. The highest BCUT2D eigenvalue weighted by molar-refractivity contribution is 6.31. The molecular formula is C15H11ClF3N3O. The number of halogens is 4. The molecule has 8 heteroatoms. The lowest BCUT2D eigenvalue weighted by molar-refractivity contribution is -0.144. The van der Waals surface area contributed by atoms with Crippen LogP contribution < -0.4 is 4.90 Å². The van der Waals surface area contributed by atoms with E-state index >= 15 is 0 Å². The summed E-state index contributed by atoms with van der Waals surface area (Å²) in [7, 11) is 0. The third-order valence-electron chi connectivity index (χ3n) is 3.92. The van der Waals surface area contributed by atoms with Gasteiger partial charge in [0.1, 0.15) is 11.1 Å². The summed E-state index contributed by atoms with van der Waals surface area (Å²) in [5.41, 5.74) is 0.863. The van der Waals surface area contributed by atoms with Crippen molar-refractivity contribution in [3.63, 3.8) is 0 Å². The molecule has 1 aromatic carbocycles. The fourth-order valence-corrected chi connectivity index (χ4v) is 3.04. The summed E-state index contributed by atoms with van der Waals surface area (Å²) in [6, 6.07) is 4.81. The van der Waals surface area contributed by atoms with Gasteiger partial charge < -0.3 is 9.32 Å². The Morgan fingerprint density at radius 3 is 2.57 bits per heavy atom. The number of hydrogen-bond donors (Lipinski definition) is 0. The number of hydrogen-bond acceptors (Lipinski definition) is 4. The van der Waals surface area contributed by atoms with E-state index in [1.807, 2.05) is 4.90 Å². The normalized spacial score (nSPS) is 15.9. The average Bonchev–Trinajstić information content (AvgIpc) is 3.12. The summed E-state index contributed by atoms with van der Waals surface area (Å²) in [5, 5.41) is 0.871. The van der Waals surface area contributed by atoms with Gasteiger partial charge in [0.25, 0.3) is 0 Å². The van der Waals surface area contributed by atoms with E-state index < -0.39 is 12.0 Å². The Morgan fingerprint density at radius 2 is 1.87 bits per heavy atom. The van der Waals surface area contributed by atoms with Gasteiger partial charge in [-0.1, -0.05) is 11.6 Å². The molecule has 1 saturated heterocycles. The van der Waals surface area contributed by atoms with Crippen LogP contribution in [0.4, 0.5) is 19.0 Å². The molecule has 0 aliphatic carbocycles. The van der Waals surface area contributed by atoms with Gasteiger partial charge in [-0.15, -0.1) is 0 Å². The van der Waals surface area contributed by atoms with Crippen molar-refractivity contribution in [3.8, 4) is 0 Å². The molecule has 1 aliphatic heterocycles. The highest BCUT2D eigenvalue weighted by atomic mass is 35.5. The highest BCUT2D eigenvalue weighted by Gasteiger charge is 2.37. The molecule has 3 heterocycles. The van der Waals surface area contributed by atoms with Crippen molar-refractivity contribution in [1.82, 2.24) is 9.97 Å². The third-order valence-corrected chi connectivity index (χ3v) is 4.15. The van der Waals surface area contributed by atoms with Crippen molar-refractivity contribution in [2.45, 2.75) is 19.0 Å². The van der Waals surface area contributed by atoms with Gasteiger partial charge >= 0.3 is 6.18 Å². The SMILES string of the molecule is FC(F)(F)c1nc(N2CCCC2)c2oc3ccc(Cl)cc3c2n1. The monoisotopic (exact) mass is 341 g/mol. The number of alkyl halides is 3. The van der Waals surface area contributed by atoms with Crippen LogP contribution in [0.25, 0.3) is 22.1 Å². The summed E-state index contributed by atoms with van der Waals surface area (Å²) in [6.07, 6.45) is -2.79. The maximum atomic E-state index is 13.2. The molecule has 3 aromatic rings. The van der Waals surface area contributed by atoms with Crippen molar-refractivity contribution in [2.24, 2.45) is 0 Å². The van der Waals surface area contributed by atoms with E-state index in [-0.39, 0.29) is 16.9 Å². The average molecular weight is 342 g/mol. The van der Waals surface area contributed by atoms with Crippen LogP contribution >= 0.6 is 11.6 Å². The molecule has 0 N–H and O–H groups in total. The lowest BCUT2D eigenvalue weighted by Gasteiger charge is -2.17. The smallest absolute Gasteiger partial charge is 0.450 e. The third kappa shape index (κ3) is 2.39. The largest absolute Gasteiger partial charge is 0.451 e. The summed E-state index contributed by atoms with van der Waals surface area (Å²) >= 11 is 5.95. The van der Waals surface area contributed by atoms with E-state index in [1.54, 1.807) is 18.2 Å². The van der Waals surface area contributed by atoms with Gasteiger partial charge in [0, 0.05) is 23.5 Å². The molecular weight excluding hydrogens is 331 g/mol. The van der Waals surface area contributed by atoms with Crippen molar-refractivity contribution in [2.75, 3.05) is 18.0 Å². The first kappa shape index (κ1) is 14.6.